The molecule has 0 fully saturated rings. The van der Waals surface area contributed by atoms with Gasteiger partial charge in [0.2, 0.25) is 11.8 Å². The summed E-state index contributed by atoms with van der Waals surface area (Å²) in [7, 11) is -4.09. The highest BCUT2D eigenvalue weighted by Crippen LogP contribution is 2.26. The van der Waals surface area contributed by atoms with E-state index in [2.05, 4.69) is 5.32 Å². The molecule has 7 nitrogen and oxygen atoms in total. The number of benzene rings is 3. The van der Waals surface area contributed by atoms with E-state index in [9.17, 15) is 18.0 Å². The lowest BCUT2D eigenvalue weighted by atomic mass is 10.1. The quantitative estimate of drug-likeness (QED) is 0.357. The van der Waals surface area contributed by atoms with Gasteiger partial charge in [0.05, 0.1) is 10.6 Å². The minimum absolute atomic E-state index is 0.0714. The molecule has 1 N–H and O–H groups in total. The summed E-state index contributed by atoms with van der Waals surface area (Å²) in [4.78, 5) is 28.3. The normalized spacial score (nSPS) is 12.0. The molecule has 3 aromatic carbocycles. The van der Waals surface area contributed by atoms with Gasteiger partial charge in [-0.1, -0.05) is 54.9 Å². The van der Waals surface area contributed by atoms with Crippen LogP contribution in [-0.2, 0) is 26.2 Å². The van der Waals surface area contributed by atoms with Crippen LogP contribution in [0.1, 0.15) is 37.0 Å². The second-order valence-corrected chi connectivity index (χ2v) is 11.6. The van der Waals surface area contributed by atoms with Gasteiger partial charge in [0.25, 0.3) is 10.0 Å². The molecular weight excluding hydrogens is 522 g/mol. The fraction of sp³-hybridized carbons (Fsp3) is 0.310. The van der Waals surface area contributed by atoms with E-state index in [1.807, 2.05) is 32.9 Å². The van der Waals surface area contributed by atoms with Crippen molar-refractivity contribution in [1.29, 1.82) is 0 Å². The summed E-state index contributed by atoms with van der Waals surface area (Å²) in [6, 6.07) is 19.6. The zero-order valence-corrected chi connectivity index (χ0v) is 23.7. The van der Waals surface area contributed by atoms with Gasteiger partial charge in [0.15, 0.2) is 0 Å². The highest BCUT2D eigenvalue weighted by Gasteiger charge is 2.32. The van der Waals surface area contributed by atoms with Crippen LogP contribution in [0.2, 0.25) is 5.02 Å². The van der Waals surface area contributed by atoms with E-state index in [0.29, 0.717) is 17.3 Å². The first-order valence-electron chi connectivity index (χ1n) is 12.5. The highest BCUT2D eigenvalue weighted by molar-refractivity contribution is 7.92. The average molecular weight is 556 g/mol. The van der Waals surface area contributed by atoms with E-state index in [1.165, 1.54) is 17.0 Å². The van der Waals surface area contributed by atoms with Gasteiger partial charge in [0.1, 0.15) is 12.6 Å². The van der Waals surface area contributed by atoms with Crippen molar-refractivity contribution in [2.24, 2.45) is 0 Å². The molecule has 0 radical (unpaired) electrons. The van der Waals surface area contributed by atoms with Crippen LogP contribution in [-0.4, -0.2) is 44.3 Å². The van der Waals surface area contributed by atoms with Gasteiger partial charge in [0, 0.05) is 18.1 Å². The number of sulfonamides is 1. The number of carbonyl (C=O) groups is 2. The van der Waals surface area contributed by atoms with Crippen molar-refractivity contribution in [1.82, 2.24) is 10.2 Å². The van der Waals surface area contributed by atoms with Crippen LogP contribution in [0.5, 0.6) is 0 Å². The van der Waals surface area contributed by atoms with Crippen molar-refractivity contribution in [2.45, 2.75) is 51.6 Å². The van der Waals surface area contributed by atoms with Gasteiger partial charge >= 0.3 is 0 Å². The summed E-state index contributed by atoms with van der Waals surface area (Å²) in [6.45, 7) is 7.41. The number of aryl methyl sites for hydroxylation is 2. The van der Waals surface area contributed by atoms with Gasteiger partial charge in [-0.05, 0) is 80.3 Å². The molecule has 38 heavy (non-hydrogen) atoms. The van der Waals surface area contributed by atoms with Gasteiger partial charge in [-0.3, -0.25) is 13.9 Å². The van der Waals surface area contributed by atoms with Crippen LogP contribution in [0.15, 0.2) is 77.7 Å². The van der Waals surface area contributed by atoms with Gasteiger partial charge < -0.3 is 10.2 Å². The van der Waals surface area contributed by atoms with Gasteiger partial charge in [-0.25, -0.2) is 8.42 Å². The SMILES string of the molecule is CCCNC(=O)[C@@H](C)N(Cc1cccc(Cl)c1)C(=O)CN(c1cc(C)cc(C)c1)S(=O)(=O)c1ccccc1. The fourth-order valence-corrected chi connectivity index (χ4v) is 5.79. The Labute approximate surface area is 230 Å². The third-order valence-electron chi connectivity index (χ3n) is 6.06. The minimum atomic E-state index is -4.09. The fourth-order valence-electron chi connectivity index (χ4n) is 4.15. The Morgan fingerprint density at radius 2 is 1.61 bits per heavy atom. The molecular formula is C29H34ClN3O4S. The smallest absolute Gasteiger partial charge is 0.264 e. The summed E-state index contributed by atoms with van der Waals surface area (Å²) < 4.78 is 28.8. The molecule has 202 valence electrons. The number of carbonyl (C=O) groups excluding carboxylic acids is 2. The second-order valence-electron chi connectivity index (χ2n) is 9.29. The summed E-state index contributed by atoms with van der Waals surface area (Å²) >= 11 is 6.17. The van der Waals surface area contributed by atoms with E-state index >= 15 is 0 Å². The number of nitrogens with zero attached hydrogens (tertiary/aromatic N) is 2. The Morgan fingerprint density at radius 1 is 0.947 bits per heavy atom. The maximum Gasteiger partial charge on any atom is 0.264 e. The van der Waals surface area contributed by atoms with Crippen molar-refractivity contribution < 1.29 is 18.0 Å². The lowest BCUT2D eigenvalue weighted by Gasteiger charge is -2.32. The lowest BCUT2D eigenvalue weighted by molar-refractivity contribution is -0.139. The van der Waals surface area contributed by atoms with E-state index in [0.717, 1.165) is 27.4 Å². The van der Waals surface area contributed by atoms with Crippen molar-refractivity contribution >= 4 is 39.1 Å². The first-order valence-corrected chi connectivity index (χ1v) is 14.3. The first kappa shape index (κ1) is 29.2. The number of hydrogen-bond acceptors (Lipinski definition) is 4. The summed E-state index contributed by atoms with van der Waals surface area (Å²) in [5.74, 6) is -0.825. The zero-order valence-electron chi connectivity index (χ0n) is 22.1. The Kier molecular flexibility index (Phi) is 9.94. The first-order chi connectivity index (χ1) is 18.0. The van der Waals surface area contributed by atoms with Crippen LogP contribution >= 0.6 is 11.6 Å². The third kappa shape index (κ3) is 7.36. The molecule has 0 saturated heterocycles. The summed E-state index contributed by atoms with van der Waals surface area (Å²) in [6.07, 6.45) is 0.747. The predicted octanol–water partition coefficient (Wildman–Crippen LogP) is 5.10. The van der Waals surface area contributed by atoms with Crippen LogP contribution in [0.25, 0.3) is 0 Å². The van der Waals surface area contributed by atoms with Crippen LogP contribution in [0.4, 0.5) is 5.69 Å². The van der Waals surface area contributed by atoms with E-state index in [-0.39, 0.29) is 17.3 Å². The van der Waals surface area contributed by atoms with Crippen molar-refractivity contribution in [2.75, 3.05) is 17.4 Å². The number of nitrogens with one attached hydrogen (secondary N) is 1. The Morgan fingerprint density at radius 3 is 2.21 bits per heavy atom. The van der Waals surface area contributed by atoms with Crippen LogP contribution in [0.3, 0.4) is 0 Å². The molecule has 9 heteroatoms. The van der Waals surface area contributed by atoms with E-state index in [4.69, 9.17) is 11.6 Å². The van der Waals surface area contributed by atoms with E-state index < -0.39 is 28.5 Å². The minimum Gasteiger partial charge on any atom is -0.354 e. The Bertz CT molecular complexity index is 1360. The average Bonchev–Trinajstić information content (AvgIpc) is 2.88. The zero-order chi connectivity index (χ0) is 27.9. The number of rotatable bonds is 11. The predicted molar refractivity (Wildman–Crippen MR) is 152 cm³/mol. The molecule has 3 rings (SSSR count). The molecule has 2 amide bonds. The van der Waals surface area contributed by atoms with Crippen molar-refractivity contribution in [3.05, 3.63) is 94.5 Å². The number of anilines is 1. The molecule has 0 aromatic heterocycles. The van der Waals surface area contributed by atoms with Crippen molar-refractivity contribution in [3.8, 4) is 0 Å². The second kappa shape index (κ2) is 12.9. The van der Waals surface area contributed by atoms with Crippen molar-refractivity contribution in [3.63, 3.8) is 0 Å². The Balaban J connectivity index is 2.04. The number of halogens is 1. The largest absolute Gasteiger partial charge is 0.354 e. The topological polar surface area (TPSA) is 86.8 Å². The van der Waals surface area contributed by atoms with Gasteiger partial charge in [-0.2, -0.15) is 0 Å². The Hall–Kier alpha value is -3.36. The molecule has 0 bridgehead atoms. The molecule has 0 unspecified atom stereocenters. The maximum absolute atomic E-state index is 13.9. The summed E-state index contributed by atoms with van der Waals surface area (Å²) in [5, 5.41) is 3.33. The molecule has 3 aromatic rings. The molecule has 0 saturated carbocycles. The van der Waals surface area contributed by atoms with Crippen LogP contribution in [0, 0.1) is 13.8 Å². The maximum atomic E-state index is 13.9. The standard InChI is InChI=1S/C29H34ClN3O4S/c1-5-14-31-29(35)23(4)32(19-24-10-9-11-25(30)18-24)28(34)20-33(26-16-21(2)15-22(3)17-26)38(36,37)27-12-7-6-8-13-27/h6-13,15-18,23H,5,14,19-20H2,1-4H3,(H,31,35)/t23-/m1/s1. The molecule has 0 aliphatic carbocycles. The monoisotopic (exact) mass is 555 g/mol. The number of hydrogen-bond donors (Lipinski definition) is 1. The lowest BCUT2D eigenvalue weighted by Crippen LogP contribution is -2.51. The summed E-state index contributed by atoms with van der Waals surface area (Å²) in [5.41, 5.74) is 2.84. The number of amides is 2. The van der Waals surface area contributed by atoms with Crippen LogP contribution < -0.4 is 9.62 Å². The van der Waals surface area contributed by atoms with Gasteiger partial charge in [-0.15, -0.1) is 0 Å². The molecule has 0 spiro atoms. The van der Waals surface area contributed by atoms with E-state index in [1.54, 1.807) is 55.5 Å². The third-order valence-corrected chi connectivity index (χ3v) is 8.09. The molecule has 0 aliphatic heterocycles. The molecule has 0 aliphatic rings. The molecule has 0 heterocycles. The molecule has 1 atom stereocenters. The highest BCUT2D eigenvalue weighted by atomic mass is 35.5.